The van der Waals surface area contributed by atoms with E-state index in [0.717, 1.165) is 43.8 Å². The smallest absolute Gasteiger partial charge is 0.158 e. The Hall–Kier alpha value is -0.600. The molecule has 0 aromatic heterocycles. The van der Waals surface area contributed by atoms with Gasteiger partial charge < -0.3 is 9.47 Å². The molecule has 2 unspecified atom stereocenters. The summed E-state index contributed by atoms with van der Waals surface area (Å²) in [6.07, 6.45) is 4.80. The van der Waals surface area contributed by atoms with Crippen LogP contribution in [0.25, 0.3) is 0 Å². The van der Waals surface area contributed by atoms with Crippen LogP contribution >= 0.6 is 0 Å². The third-order valence-electron chi connectivity index (χ3n) is 4.06. The summed E-state index contributed by atoms with van der Waals surface area (Å²) in [6, 6.07) is 0. The SMILES string of the molecule is CC1(C)CCC(C)(C#CCOC2CCCCO2)N1[O]. The fourth-order valence-electron chi connectivity index (χ4n) is 2.74. The average molecular weight is 266 g/mol. The topological polar surface area (TPSA) is 41.6 Å². The van der Waals surface area contributed by atoms with E-state index in [1.807, 2.05) is 20.8 Å². The zero-order chi connectivity index (χ0) is 13.9. The maximum Gasteiger partial charge on any atom is 0.158 e. The first kappa shape index (κ1) is 14.8. The molecule has 4 heteroatoms. The van der Waals surface area contributed by atoms with Crippen LogP contribution in [0.1, 0.15) is 52.9 Å². The third-order valence-corrected chi connectivity index (χ3v) is 4.06. The zero-order valence-corrected chi connectivity index (χ0v) is 12.2. The molecule has 2 fully saturated rings. The minimum atomic E-state index is -0.569. The van der Waals surface area contributed by atoms with Gasteiger partial charge in [0.1, 0.15) is 12.1 Å². The van der Waals surface area contributed by atoms with E-state index in [9.17, 15) is 5.21 Å². The Morgan fingerprint density at radius 2 is 2.11 bits per heavy atom. The molecule has 0 amide bonds. The lowest BCUT2D eigenvalue weighted by Gasteiger charge is -2.30. The summed E-state index contributed by atoms with van der Waals surface area (Å²) < 4.78 is 11.0. The Morgan fingerprint density at radius 1 is 1.32 bits per heavy atom. The Labute approximate surface area is 116 Å². The normalized spacial score (nSPS) is 34.8. The molecule has 0 bridgehead atoms. The number of hydroxylamine groups is 2. The van der Waals surface area contributed by atoms with Crippen molar-refractivity contribution in [3.05, 3.63) is 0 Å². The van der Waals surface area contributed by atoms with E-state index in [4.69, 9.17) is 9.47 Å². The molecule has 2 heterocycles. The second kappa shape index (κ2) is 5.80. The van der Waals surface area contributed by atoms with E-state index in [0.29, 0.717) is 6.61 Å². The summed E-state index contributed by atoms with van der Waals surface area (Å²) in [7, 11) is 0. The molecule has 0 N–H and O–H groups in total. The van der Waals surface area contributed by atoms with E-state index in [2.05, 4.69) is 11.8 Å². The van der Waals surface area contributed by atoms with E-state index in [1.165, 1.54) is 0 Å². The first-order valence-corrected chi connectivity index (χ1v) is 7.15. The Bertz CT molecular complexity index is 365. The summed E-state index contributed by atoms with van der Waals surface area (Å²) in [6.45, 7) is 6.98. The first-order valence-electron chi connectivity index (χ1n) is 7.15. The molecule has 2 saturated heterocycles. The van der Waals surface area contributed by atoms with Crippen molar-refractivity contribution in [3.8, 4) is 11.8 Å². The van der Waals surface area contributed by atoms with Crippen molar-refractivity contribution in [1.29, 1.82) is 0 Å². The highest BCUT2D eigenvalue weighted by molar-refractivity contribution is 5.20. The van der Waals surface area contributed by atoms with Gasteiger partial charge in [0.15, 0.2) is 6.29 Å². The number of hydrogen-bond donors (Lipinski definition) is 0. The number of nitrogens with zero attached hydrogens (tertiary/aromatic N) is 1. The predicted molar refractivity (Wildman–Crippen MR) is 71.6 cm³/mol. The van der Waals surface area contributed by atoms with Crippen LogP contribution in [-0.4, -0.2) is 35.6 Å². The van der Waals surface area contributed by atoms with Gasteiger partial charge in [-0.3, -0.25) is 0 Å². The minimum Gasteiger partial charge on any atom is -0.353 e. The molecule has 0 saturated carbocycles. The molecule has 1 radical (unpaired) electrons. The lowest BCUT2D eigenvalue weighted by atomic mass is 10.00. The monoisotopic (exact) mass is 266 g/mol. The Balaban J connectivity index is 1.82. The summed E-state index contributed by atoms with van der Waals surface area (Å²) in [5.41, 5.74) is -0.878. The standard InChI is InChI=1S/C15H24NO3/c1-14(2)9-10-15(3,16(14)17)8-6-12-19-13-7-4-5-11-18-13/h13H,4-5,7,9-12H2,1-3H3. The van der Waals surface area contributed by atoms with Crippen molar-refractivity contribution in [1.82, 2.24) is 5.06 Å². The molecule has 4 nitrogen and oxygen atoms in total. The van der Waals surface area contributed by atoms with Crippen LogP contribution in [0.3, 0.4) is 0 Å². The molecule has 2 aliphatic heterocycles. The Morgan fingerprint density at radius 3 is 2.68 bits per heavy atom. The second-order valence-electron chi connectivity index (χ2n) is 6.29. The molecular weight excluding hydrogens is 242 g/mol. The highest BCUT2D eigenvalue weighted by Gasteiger charge is 2.47. The van der Waals surface area contributed by atoms with Gasteiger partial charge in [0.05, 0.1) is 0 Å². The van der Waals surface area contributed by atoms with Crippen molar-refractivity contribution >= 4 is 0 Å². The molecule has 0 aromatic rings. The molecule has 2 atom stereocenters. The van der Waals surface area contributed by atoms with Crippen LogP contribution in [-0.2, 0) is 14.7 Å². The molecule has 2 rings (SSSR count). The van der Waals surface area contributed by atoms with Gasteiger partial charge >= 0.3 is 0 Å². The minimum absolute atomic E-state index is 0.112. The van der Waals surface area contributed by atoms with Crippen LogP contribution < -0.4 is 0 Å². The van der Waals surface area contributed by atoms with Crippen molar-refractivity contribution < 1.29 is 14.7 Å². The average Bonchev–Trinajstić information content (AvgIpc) is 2.61. The van der Waals surface area contributed by atoms with Crippen LogP contribution in [0.4, 0.5) is 0 Å². The summed E-state index contributed by atoms with van der Waals surface area (Å²) >= 11 is 0. The summed E-state index contributed by atoms with van der Waals surface area (Å²) in [5, 5.41) is 13.3. The maximum absolute atomic E-state index is 12.2. The van der Waals surface area contributed by atoms with E-state index < -0.39 is 5.54 Å². The van der Waals surface area contributed by atoms with Gasteiger partial charge in [0.25, 0.3) is 0 Å². The van der Waals surface area contributed by atoms with Crippen LogP contribution in [0, 0.1) is 11.8 Å². The van der Waals surface area contributed by atoms with Gasteiger partial charge in [0, 0.05) is 12.1 Å². The summed E-state index contributed by atoms with van der Waals surface area (Å²) in [4.78, 5) is 0. The van der Waals surface area contributed by atoms with E-state index in [-0.39, 0.29) is 11.8 Å². The maximum atomic E-state index is 12.2. The lowest BCUT2D eigenvalue weighted by molar-refractivity contribution is -0.234. The van der Waals surface area contributed by atoms with Crippen molar-refractivity contribution in [2.45, 2.75) is 70.2 Å². The third kappa shape index (κ3) is 3.49. The summed E-state index contributed by atoms with van der Waals surface area (Å²) in [5.74, 6) is 6.08. The van der Waals surface area contributed by atoms with Crippen molar-refractivity contribution in [2.24, 2.45) is 0 Å². The van der Waals surface area contributed by atoms with Gasteiger partial charge in [-0.1, -0.05) is 11.8 Å². The van der Waals surface area contributed by atoms with Gasteiger partial charge in [-0.2, -0.15) is 0 Å². The van der Waals surface area contributed by atoms with Crippen LogP contribution in [0.15, 0.2) is 0 Å². The first-order chi connectivity index (χ1) is 8.94. The molecule has 19 heavy (non-hydrogen) atoms. The van der Waals surface area contributed by atoms with Crippen molar-refractivity contribution in [3.63, 3.8) is 0 Å². The fourth-order valence-corrected chi connectivity index (χ4v) is 2.74. The fraction of sp³-hybridized carbons (Fsp3) is 0.867. The largest absolute Gasteiger partial charge is 0.353 e. The molecule has 107 valence electrons. The Kier molecular flexibility index (Phi) is 4.52. The van der Waals surface area contributed by atoms with E-state index >= 15 is 0 Å². The van der Waals surface area contributed by atoms with Crippen LogP contribution in [0.2, 0.25) is 0 Å². The molecule has 2 aliphatic rings. The van der Waals surface area contributed by atoms with Gasteiger partial charge in [0.2, 0.25) is 0 Å². The number of ether oxygens (including phenoxy) is 2. The highest BCUT2D eigenvalue weighted by atomic mass is 16.7. The van der Waals surface area contributed by atoms with Gasteiger partial charge in [-0.05, 0) is 52.9 Å². The van der Waals surface area contributed by atoms with Crippen molar-refractivity contribution in [2.75, 3.05) is 13.2 Å². The lowest BCUT2D eigenvalue weighted by Crippen LogP contribution is -2.45. The van der Waals surface area contributed by atoms with Gasteiger partial charge in [-0.15, -0.1) is 10.3 Å². The quantitative estimate of drug-likeness (QED) is 0.721. The molecule has 0 spiro atoms. The zero-order valence-electron chi connectivity index (χ0n) is 12.2. The molecule has 0 aromatic carbocycles. The predicted octanol–water partition coefficient (Wildman–Crippen LogP) is 2.51. The number of rotatable bonds is 2. The molecular formula is C15H24NO3. The number of hydrogen-bond acceptors (Lipinski definition) is 3. The second-order valence-corrected chi connectivity index (χ2v) is 6.29. The van der Waals surface area contributed by atoms with E-state index in [1.54, 1.807) is 0 Å². The van der Waals surface area contributed by atoms with Crippen LogP contribution in [0.5, 0.6) is 0 Å². The molecule has 0 aliphatic carbocycles. The van der Waals surface area contributed by atoms with Gasteiger partial charge in [-0.25, -0.2) is 0 Å². The highest BCUT2D eigenvalue weighted by Crippen LogP contribution is 2.38.